The van der Waals surface area contributed by atoms with E-state index in [1.54, 1.807) is 0 Å². The summed E-state index contributed by atoms with van der Waals surface area (Å²) < 4.78 is 10.5. The lowest BCUT2D eigenvalue weighted by Crippen LogP contribution is -1.99. The molecule has 0 radical (unpaired) electrons. The van der Waals surface area contributed by atoms with Gasteiger partial charge in [-0.05, 0) is 97.6 Å². The van der Waals surface area contributed by atoms with E-state index in [4.69, 9.17) is 4.74 Å². The van der Waals surface area contributed by atoms with Gasteiger partial charge >= 0.3 is 0 Å². The highest BCUT2D eigenvalue weighted by atomic mass is 127. The third-order valence-corrected chi connectivity index (χ3v) is 5.01. The van der Waals surface area contributed by atoms with Gasteiger partial charge in [0.15, 0.2) is 0 Å². The van der Waals surface area contributed by atoms with Crippen molar-refractivity contribution in [1.82, 2.24) is 0 Å². The molecule has 0 bridgehead atoms. The molecule has 0 aliphatic heterocycles. The van der Waals surface area contributed by atoms with Gasteiger partial charge in [0, 0.05) is 8.04 Å². The Morgan fingerprint density at radius 3 is 2.06 bits per heavy atom. The van der Waals surface area contributed by atoms with E-state index >= 15 is 0 Å². The van der Waals surface area contributed by atoms with E-state index in [2.05, 4.69) is 108 Å². The van der Waals surface area contributed by atoms with Crippen molar-refractivity contribution in [3.05, 3.63) is 57.1 Å². The van der Waals surface area contributed by atoms with Crippen molar-refractivity contribution in [3.63, 3.8) is 0 Å². The number of ether oxygens (including phenoxy) is 1. The second-order valence-corrected chi connectivity index (χ2v) is 8.10. The maximum absolute atomic E-state index is 5.91. The Bertz CT molecular complexity index is 532. The topological polar surface area (TPSA) is 9.23 Å². The van der Waals surface area contributed by atoms with Crippen molar-refractivity contribution in [3.8, 4) is 5.75 Å². The van der Waals surface area contributed by atoms with Crippen molar-refractivity contribution in [1.29, 1.82) is 0 Å². The van der Waals surface area contributed by atoms with E-state index in [1.807, 2.05) is 12.1 Å². The van der Waals surface area contributed by atoms with Crippen molar-refractivity contribution in [2.24, 2.45) is 0 Å². The molecule has 0 unspecified atom stereocenters. The molecule has 0 heterocycles. The molecule has 0 spiro atoms. The minimum absolute atomic E-state index is 0.597. The van der Waals surface area contributed by atoms with Gasteiger partial charge in [0.05, 0.1) is 7.14 Å². The standard InChI is InChI=1S/C13H8BrI3O/c14-9-3-1-8(2-4-9)7-18-13-11(16)5-10(15)6-12(13)17/h1-6H,7H2. The average Bonchev–Trinajstić information content (AvgIpc) is 2.30. The Hall–Kier alpha value is 0.910. The number of hydrogen-bond acceptors (Lipinski definition) is 1. The quantitative estimate of drug-likeness (QED) is 0.383. The van der Waals surface area contributed by atoms with Crippen LogP contribution in [0.4, 0.5) is 0 Å². The van der Waals surface area contributed by atoms with E-state index in [9.17, 15) is 0 Å². The molecule has 5 heteroatoms. The second kappa shape index (κ2) is 7.07. The summed E-state index contributed by atoms with van der Waals surface area (Å²) in [6.07, 6.45) is 0. The largest absolute Gasteiger partial charge is 0.487 e. The molecule has 1 nitrogen and oxygen atoms in total. The molecule has 2 rings (SSSR count). The molecular formula is C13H8BrI3O. The van der Waals surface area contributed by atoms with Gasteiger partial charge in [-0.15, -0.1) is 0 Å². The molecule has 0 N–H and O–H groups in total. The summed E-state index contributed by atoms with van der Waals surface area (Å²) in [5.41, 5.74) is 1.17. The van der Waals surface area contributed by atoms with E-state index in [0.29, 0.717) is 6.61 Å². The van der Waals surface area contributed by atoms with Gasteiger partial charge in [-0.25, -0.2) is 0 Å². The SMILES string of the molecule is Brc1ccc(COc2c(I)cc(I)cc2I)cc1. The zero-order chi connectivity index (χ0) is 13.1. The van der Waals surface area contributed by atoms with Crippen LogP contribution in [0, 0.1) is 10.7 Å². The summed E-state index contributed by atoms with van der Waals surface area (Å²) in [6.45, 7) is 0.597. The first-order valence-electron chi connectivity index (χ1n) is 5.08. The number of rotatable bonds is 3. The molecule has 0 aromatic heterocycles. The number of benzene rings is 2. The van der Waals surface area contributed by atoms with Gasteiger partial charge in [0.1, 0.15) is 12.4 Å². The van der Waals surface area contributed by atoms with Crippen LogP contribution < -0.4 is 4.74 Å². The van der Waals surface area contributed by atoms with Crippen molar-refractivity contribution < 1.29 is 4.74 Å². The fourth-order valence-electron chi connectivity index (χ4n) is 1.40. The molecule has 0 amide bonds. The minimum atomic E-state index is 0.597. The second-order valence-electron chi connectivity index (χ2n) is 3.61. The molecule has 0 saturated heterocycles. The predicted octanol–water partition coefficient (Wildman–Crippen LogP) is 5.84. The molecule has 0 atom stereocenters. The first-order valence-corrected chi connectivity index (χ1v) is 9.11. The Morgan fingerprint density at radius 2 is 1.50 bits per heavy atom. The van der Waals surface area contributed by atoms with Crippen LogP contribution in [0.15, 0.2) is 40.9 Å². The Labute approximate surface area is 156 Å². The maximum atomic E-state index is 5.91. The zero-order valence-corrected chi connectivity index (χ0v) is 17.1. The highest BCUT2D eigenvalue weighted by Gasteiger charge is 2.08. The predicted molar refractivity (Wildman–Crippen MR) is 103 cm³/mol. The Kier molecular flexibility index (Phi) is 6.01. The average molecular weight is 641 g/mol. The normalized spacial score (nSPS) is 10.4. The Morgan fingerprint density at radius 1 is 0.944 bits per heavy atom. The summed E-state index contributed by atoms with van der Waals surface area (Å²) in [5, 5.41) is 0. The number of halogens is 4. The first kappa shape index (κ1) is 15.3. The minimum Gasteiger partial charge on any atom is -0.487 e. The summed E-state index contributed by atoms with van der Waals surface area (Å²) in [4.78, 5) is 0. The highest BCUT2D eigenvalue weighted by molar-refractivity contribution is 14.1. The smallest absolute Gasteiger partial charge is 0.146 e. The van der Waals surface area contributed by atoms with Gasteiger partial charge in [-0.2, -0.15) is 0 Å². The molecule has 94 valence electrons. The van der Waals surface area contributed by atoms with Crippen LogP contribution in [0.25, 0.3) is 0 Å². The monoisotopic (exact) mass is 640 g/mol. The zero-order valence-electron chi connectivity index (χ0n) is 9.09. The van der Waals surface area contributed by atoms with Gasteiger partial charge in [-0.1, -0.05) is 28.1 Å². The van der Waals surface area contributed by atoms with Crippen LogP contribution in [0.1, 0.15) is 5.56 Å². The Balaban J connectivity index is 2.13. The van der Waals surface area contributed by atoms with Crippen molar-refractivity contribution >= 4 is 83.7 Å². The van der Waals surface area contributed by atoms with E-state index in [-0.39, 0.29) is 0 Å². The fraction of sp³-hybridized carbons (Fsp3) is 0.0769. The lowest BCUT2D eigenvalue weighted by Gasteiger charge is -2.11. The molecule has 0 fully saturated rings. The van der Waals surface area contributed by atoms with Gasteiger partial charge in [-0.3, -0.25) is 0 Å². The fourth-order valence-corrected chi connectivity index (χ4v) is 5.56. The molecule has 2 aromatic rings. The lowest BCUT2D eigenvalue weighted by atomic mass is 10.2. The first-order chi connectivity index (χ1) is 8.56. The van der Waals surface area contributed by atoms with Crippen LogP contribution in [0.5, 0.6) is 5.75 Å². The van der Waals surface area contributed by atoms with Gasteiger partial charge in [0.25, 0.3) is 0 Å². The van der Waals surface area contributed by atoms with Crippen LogP contribution in [-0.4, -0.2) is 0 Å². The van der Waals surface area contributed by atoms with Crippen LogP contribution in [-0.2, 0) is 6.61 Å². The van der Waals surface area contributed by atoms with Crippen LogP contribution in [0.2, 0.25) is 0 Å². The molecule has 2 aromatic carbocycles. The van der Waals surface area contributed by atoms with E-state index in [1.165, 1.54) is 9.13 Å². The number of hydrogen-bond donors (Lipinski definition) is 0. The molecular weight excluding hydrogens is 633 g/mol. The third-order valence-electron chi connectivity index (χ3n) is 2.26. The molecule has 0 saturated carbocycles. The van der Waals surface area contributed by atoms with Crippen molar-refractivity contribution in [2.45, 2.75) is 6.61 Å². The van der Waals surface area contributed by atoms with Gasteiger partial charge in [0.2, 0.25) is 0 Å². The van der Waals surface area contributed by atoms with E-state index < -0.39 is 0 Å². The van der Waals surface area contributed by atoms with Crippen LogP contribution >= 0.6 is 83.7 Å². The summed E-state index contributed by atoms with van der Waals surface area (Å²) in [7, 11) is 0. The van der Waals surface area contributed by atoms with Crippen LogP contribution in [0.3, 0.4) is 0 Å². The third kappa shape index (κ3) is 4.20. The van der Waals surface area contributed by atoms with Gasteiger partial charge < -0.3 is 4.74 Å². The summed E-state index contributed by atoms with van der Waals surface area (Å²) in [5.74, 6) is 0.972. The molecule has 0 aliphatic rings. The molecule has 0 aliphatic carbocycles. The lowest BCUT2D eigenvalue weighted by molar-refractivity contribution is 0.301. The van der Waals surface area contributed by atoms with E-state index in [0.717, 1.165) is 17.4 Å². The van der Waals surface area contributed by atoms with Crippen molar-refractivity contribution in [2.75, 3.05) is 0 Å². The molecule has 18 heavy (non-hydrogen) atoms. The summed E-state index contributed by atoms with van der Waals surface area (Å²) in [6, 6.07) is 12.4. The summed E-state index contributed by atoms with van der Waals surface area (Å²) >= 11 is 10.4. The maximum Gasteiger partial charge on any atom is 0.146 e. The highest BCUT2D eigenvalue weighted by Crippen LogP contribution is 2.30.